The number of nitrogens with one attached hydrogen (secondary N) is 2. The third-order valence-corrected chi connectivity index (χ3v) is 3.17. The Balaban J connectivity index is 1.69. The molecule has 0 atom stereocenters. The van der Waals surface area contributed by atoms with E-state index in [1.54, 1.807) is 0 Å². The van der Waals surface area contributed by atoms with Crippen molar-refractivity contribution in [1.29, 1.82) is 0 Å². The summed E-state index contributed by atoms with van der Waals surface area (Å²) in [5.74, 6) is 0.823. The average Bonchev–Trinajstić information content (AvgIpc) is 2.48. The minimum Gasteiger partial charge on any atom is -0.492 e. The lowest BCUT2D eigenvalue weighted by atomic mass is 10.1. The molecule has 0 saturated heterocycles. The number of para-hydroxylation sites is 1. The van der Waals surface area contributed by atoms with Gasteiger partial charge in [0.2, 0.25) is 0 Å². The predicted octanol–water partition coefficient (Wildman–Crippen LogP) is 3.50. The smallest absolute Gasteiger partial charge is 0.319 e. The van der Waals surface area contributed by atoms with Crippen LogP contribution in [-0.2, 0) is 0 Å². The minimum atomic E-state index is -0.232. The molecule has 0 aromatic heterocycles. The molecule has 4 heteroatoms. The third-order valence-electron chi connectivity index (χ3n) is 3.17. The van der Waals surface area contributed by atoms with Gasteiger partial charge >= 0.3 is 6.03 Å². The highest BCUT2D eigenvalue weighted by Crippen LogP contribution is 2.16. The fraction of sp³-hybridized carbons (Fsp3) is 0.235. The summed E-state index contributed by atoms with van der Waals surface area (Å²) in [5, 5.41) is 5.50. The van der Waals surface area contributed by atoms with Crippen molar-refractivity contribution < 1.29 is 9.53 Å². The molecule has 0 spiro atoms. The molecule has 2 rings (SSSR count). The molecule has 2 N–H and O–H groups in total. The quantitative estimate of drug-likeness (QED) is 0.826. The number of amides is 2. The molecule has 0 aliphatic rings. The Morgan fingerprint density at radius 3 is 2.52 bits per heavy atom. The number of aryl methyl sites for hydroxylation is 2. The lowest BCUT2D eigenvalue weighted by Crippen LogP contribution is -2.32. The maximum Gasteiger partial charge on any atom is 0.319 e. The summed E-state index contributed by atoms with van der Waals surface area (Å²) >= 11 is 0. The highest BCUT2D eigenvalue weighted by atomic mass is 16.5. The van der Waals surface area contributed by atoms with Gasteiger partial charge in [0.05, 0.1) is 6.54 Å². The van der Waals surface area contributed by atoms with Gasteiger partial charge in [0.25, 0.3) is 0 Å². The summed E-state index contributed by atoms with van der Waals surface area (Å²) in [6.07, 6.45) is 0. The van der Waals surface area contributed by atoms with Gasteiger partial charge in [-0.05, 0) is 49.2 Å². The van der Waals surface area contributed by atoms with E-state index in [2.05, 4.69) is 17.6 Å². The van der Waals surface area contributed by atoms with Crippen LogP contribution >= 0.6 is 0 Å². The molecule has 110 valence electrons. The van der Waals surface area contributed by atoms with Crippen molar-refractivity contribution >= 4 is 11.7 Å². The number of ether oxygens (including phenoxy) is 1. The van der Waals surface area contributed by atoms with Crippen LogP contribution in [0.3, 0.4) is 0 Å². The zero-order valence-electron chi connectivity index (χ0n) is 12.3. The number of hydrogen-bond donors (Lipinski definition) is 2. The number of carbonyl (C=O) groups is 1. The SMILES string of the molecule is Cc1ccc(OCCNC(=O)Nc2ccccc2)cc1C. The summed E-state index contributed by atoms with van der Waals surface area (Å²) in [6, 6.07) is 15.1. The Kier molecular flexibility index (Phi) is 5.21. The molecule has 0 fully saturated rings. The van der Waals surface area contributed by atoms with Crippen LogP contribution in [0.15, 0.2) is 48.5 Å². The molecular formula is C17H20N2O2. The summed E-state index contributed by atoms with van der Waals surface area (Å²) in [5.41, 5.74) is 3.20. The Bertz CT molecular complexity index is 597. The minimum absolute atomic E-state index is 0.232. The molecule has 4 nitrogen and oxygen atoms in total. The van der Waals surface area contributed by atoms with Crippen LogP contribution in [0.4, 0.5) is 10.5 Å². The fourth-order valence-electron chi connectivity index (χ4n) is 1.83. The van der Waals surface area contributed by atoms with Crippen molar-refractivity contribution in [3.8, 4) is 5.75 Å². The first-order valence-corrected chi connectivity index (χ1v) is 6.95. The van der Waals surface area contributed by atoms with Crippen LogP contribution in [0.2, 0.25) is 0 Å². The van der Waals surface area contributed by atoms with E-state index in [4.69, 9.17) is 4.74 Å². The standard InChI is InChI=1S/C17H20N2O2/c1-13-8-9-16(12-14(13)2)21-11-10-18-17(20)19-15-6-4-3-5-7-15/h3-9,12H,10-11H2,1-2H3,(H2,18,19,20). The predicted molar refractivity (Wildman–Crippen MR) is 84.9 cm³/mol. The summed E-state index contributed by atoms with van der Waals surface area (Å²) < 4.78 is 5.60. The van der Waals surface area contributed by atoms with E-state index >= 15 is 0 Å². The van der Waals surface area contributed by atoms with Crippen LogP contribution in [0.1, 0.15) is 11.1 Å². The van der Waals surface area contributed by atoms with Gasteiger partial charge in [-0.3, -0.25) is 0 Å². The van der Waals surface area contributed by atoms with E-state index in [-0.39, 0.29) is 6.03 Å². The lowest BCUT2D eigenvalue weighted by Gasteiger charge is -2.10. The molecule has 0 heterocycles. The monoisotopic (exact) mass is 284 g/mol. The van der Waals surface area contributed by atoms with Crippen molar-refractivity contribution in [2.45, 2.75) is 13.8 Å². The van der Waals surface area contributed by atoms with Gasteiger partial charge in [-0.25, -0.2) is 4.79 Å². The highest BCUT2D eigenvalue weighted by Gasteiger charge is 2.01. The first-order chi connectivity index (χ1) is 10.1. The number of benzene rings is 2. The number of hydrogen-bond acceptors (Lipinski definition) is 2. The molecule has 0 bridgehead atoms. The number of carbonyl (C=O) groups excluding carboxylic acids is 1. The number of anilines is 1. The van der Waals surface area contributed by atoms with Crippen LogP contribution in [0, 0.1) is 13.8 Å². The number of urea groups is 1. The molecule has 0 aliphatic carbocycles. The molecule has 2 aromatic carbocycles. The van der Waals surface area contributed by atoms with Gasteiger partial charge in [-0.2, -0.15) is 0 Å². The Labute approximate surface area is 125 Å². The van der Waals surface area contributed by atoms with E-state index in [1.165, 1.54) is 11.1 Å². The molecule has 2 aromatic rings. The highest BCUT2D eigenvalue weighted by molar-refractivity contribution is 5.89. The van der Waals surface area contributed by atoms with Gasteiger partial charge < -0.3 is 15.4 Å². The topological polar surface area (TPSA) is 50.4 Å². The maximum absolute atomic E-state index is 11.6. The average molecular weight is 284 g/mol. The van der Waals surface area contributed by atoms with Crippen LogP contribution in [0.25, 0.3) is 0 Å². The summed E-state index contributed by atoms with van der Waals surface area (Å²) in [4.78, 5) is 11.6. The molecular weight excluding hydrogens is 264 g/mol. The van der Waals surface area contributed by atoms with Crippen molar-refractivity contribution in [2.24, 2.45) is 0 Å². The van der Waals surface area contributed by atoms with Gasteiger partial charge in [0.15, 0.2) is 0 Å². The largest absolute Gasteiger partial charge is 0.492 e. The van der Waals surface area contributed by atoms with Crippen molar-refractivity contribution in [3.63, 3.8) is 0 Å². The molecule has 0 aliphatic heterocycles. The van der Waals surface area contributed by atoms with Crippen LogP contribution in [0.5, 0.6) is 5.75 Å². The maximum atomic E-state index is 11.6. The van der Waals surface area contributed by atoms with E-state index in [9.17, 15) is 4.79 Å². The van der Waals surface area contributed by atoms with Gasteiger partial charge in [0.1, 0.15) is 12.4 Å². The van der Waals surface area contributed by atoms with E-state index in [0.29, 0.717) is 13.2 Å². The second-order valence-electron chi connectivity index (χ2n) is 4.84. The van der Waals surface area contributed by atoms with E-state index in [1.807, 2.05) is 55.5 Å². The van der Waals surface area contributed by atoms with Crippen molar-refractivity contribution in [2.75, 3.05) is 18.5 Å². The third kappa shape index (κ3) is 4.84. The molecule has 0 radical (unpaired) electrons. The lowest BCUT2D eigenvalue weighted by molar-refractivity contribution is 0.247. The fourth-order valence-corrected chi connectivity index (χ4v) is 1.83. The van der Waals surface area contributed by atoms with Crippen LogP contribution in [-0.4, -0.2) is 19.2 Å². The van der Waals surface area contributed by atoms with Crippen LogP contribution < -0.4 is 15.4 Å². The Morgan fingerprint density at radius 2 is 1.81 bits per heavy atom. The summed E-state index contributed by atoms with van der Waals surface area (Å²) in [6.45, 7) is 5.00. The molecule has 0 unspecified atom stereocenters. The van der Waals surface area contributed by atoms with Crippen molar-refractivity contribution in [3.05, 3.63) is 59.7 Å². The zero-order valence-corrected chi connectivity index (χ0v) is 12.3. The van der Waals surface area contributed by atoms with Gasteiger partial charge in [0, 0.05) is 5.69 Å². The summed E-state index contributed by atoms with van der Waals surface area (Å²) in [7, 11) is 0. The normalized spacial score (nSPS) is 10.0. The first-order valence-electron chi connectivity index (χ1n) is 6.95. The van der Waals surface area contributed by atoms with Crippen molar-refractivity contribution in [1.82, 2.24) is 5.32 Å². The Hall–Kier alpha value is -2.49. The van der Waals surface area contributed by atoms with Gasteiger partial charge in [-0.15, -0.1) is 0 Å². The zero-order chi connectivity index (χ0) is 15.1. The second-order valence-corrected chi connectivity index (χ2v) is 4.84. The first kappa shape index (κ1) is 14.9. The Morgan fingerprint density at radius 1 is 1.05 bits per heavy atom. The van der Waals surface area contributed by atoms with E-state index in [0.717, 1.165) is 11.4 Å². The molecule has 21 heavy (non-hydrogen) atoms. The number of rotatable bonds is 5. The van der Waals surface area contributed by atoms with Gasteiger partial charge in [-0.1, -0.05) is 24.3 Å². The molecule has 0 saturated carbocycles. The second kappa shape index (κ2) is 7.33. The van der Waals surface area contributed by atoms with E-state index < -0.39 is 0 Å². The molecule has 2 amide bonds.